The van der Waals surface area contributed by atoms with Crippen LogP contribution in [0.15, 0.2) is 46.1 Å². The third-order valence-electron chi connectivity index (χ3n) is 4.75. The van der Waals surface area contributed by atoms with E-state index in [4.69, 9.17) is 9.15 Å². The fourth-order valence-corrected chi connectivity index (χ4v) is 3.91. The van der Waals surface area contributed by atoms with E-state index in [-0.39, 0.29) is 29.1 Å². The number of carbonyl (C=O) groups excluding carboxylic acids is 1. The van der Waals surface area contributed by atoms with E-state index >= 15 is 0 Å². The molecule has 3 rings (SSSR count). The molecule has 158 valence electrons. The van der Waals surface area contributed by atoms with Gasteiger partial charge in [0.25, 0.3) is 15.9 Å². The summed E-state index contributed by atoms with van der Waals surface area (Å²) in [6, 6.07) is 7.22. The van der Waals surface area contributed by atoms with Gasteiger partial charge >= 0.3 is 0 Å². The fourth-order valence-electron chi connectivity index (χ4n) is 3.10. The molecule has 1 atom stereocenters. The second-order valence-corrected chi connectivity index (χ2v) is 8.95. The van der Waals surface area contributed by atoms with Crippen molar-refractivity contribution >= 4 is 15.9 Å². The number of hydrogen-bond acceptors (Lipinski definition) is 6. The molecule has 2 aromatic rings. The summed E-state index contributed by atoms with van der Waals surface area (Å²) in [6.07, 6.45) is 1.11. The number of hydrogen-bond donors (Lipinski definition) is 1. The van der Waals surface area contributed by atoms with Crippen LogP contribution in [0.1, 0.15) is 22.0 Å². The van der Waals surface area contributed by atoms with E-state index in [1.165, 1.54) is 32.3 Å². The van der Waals surface area contributed by atoms with Gasteiger partial charge in [-0.2, -0.15) is 0 Å². The highest BCUT2D eigenvalue weighted by Gasteiger charge is 2.26. The maximum Gasteiger partial charge on any atom is 0.275 e. The van der Waals surface area contributed by atoms with Crippen LogP contribution in [0.4, 0.5) is 4.39 Å². The maximum absolute atomic E-state index is 13.7. The van der Waals surface area contributed by atoms with Gasteiger partial charge in [-0.3, -0.25) is 9.69 Å². The van der Waals surface area contributed by atoms with Crippen molar-refractivity contribution in [2.24, 2.45) is 0 Å². The zero-order chi connectivity index (χ0) is 21.0. The predicted molar refractivity (Wildman–Crippen MR) is 103 cm³/mol. The SMILES string of the molecule is CN(C)S(=O)(=O)c1cc(C(=O)NCC(c2cccc(F)c2)N2CCOCC2)co1. The molecule has 0 radical (unpaired) electrons. The van der Waals surface area contributed by atoms with Gasteiger partial charge < -0.3 is 14.5 Å². The molecule has 1 fully saturated rings. The first-order valence-electron chi connectivity index (χ1n) is 9.15. The summed E-state index contributed by atoms with van der Waals surface area (Å²) in [7, 11) is -1.01. The maximum atomic E-state index is 13.7. The van der Waals surface area contributed by atoms with Crippen molar-refractivity contribution in [2.75, 3.05) is 46.9 Å². The van der Waals surface area contributed by atoms with Gasteiger partial charge in [0.1, 0.15) is 12.1 Å². The largest absolute Gasteiger partial charge is 0.451 e. The molecule has 1 unspecified atom stereocenters. The number of furan rings is 1. The van der Waals surface area contributed by atoms with Crippen LogP contribution >= 0.6 is 0 Å². The number of sulfonamides is 1. The minimum atomic E-state index is -3.76. The van der Waals surface area contributed by atoms with Crippen LogP contribution < -0.4 is 5.32 Å². The number of morpholine rings is 1. The standard InChI is InChI=1S/C19H24FN3O5S/c1-22(2)29(25,26)18-11-15(13-28-18)19(24)21-12-17(23-6-8-27-9-7-23)14-4-3-5-16(20)10-14/h3-5,10-11,13,17H,6-9,12H2,1-2H3,(H,21,24). The second kappa shape index (κ2) is 9.04. The summed E-state index contributed by atoms with van der Waals surface area (Å²) < 4.78 is 49.4. The fraction of sp³-hybridized carbons (Fsp3) is 0.421. The Morgan fingerprint density at radius 2 is 2.00 bits per heavy atom. The summed E-state index contributed by atoms with van der Waals surface area (Å²) in [6.45, 7) is 2.67. The van der Waals surface area contributed by atoms with Crippen molar-refractivity contribution in [1.29, 1.82) is 0 Å². The van der Waals surface area contributed by atoms with Crippen molar-refractivity contribution in [3.63, 3.8) is 0 Å². The molecular formula is C19H24FN3O5S. The van der Waals surface area contributed by atoms with Gasteiger partial charge in [0.15, 0.2) is 0 Å². The number of nitrogens with one attached hydrogen (secondary N) is 1. The topological polar surface area (TPSA) is 92.1 Å². The minimum Gasteiger partial charge on any atom is -0.451 e. The predicted octanol–water partition coefficient (Wildman–Crippen LogP) is 1.47. The highest BCUT2D eigenvalue weighted by atomic mass is 32.2. The first-order valence-corrected chi connectivity index (χ1v) is 10.6. The Hall–Kier alpha value is -2.27. The van der Waals surface area contributed by atoms with Crippen molar-refractivity contribution in [2.45, 2.75) is 11.1 Å². The number of carbonyl (C=O) groups is 1. The van der Waals surface area contributed by atoms with E-state index in [0.717, 1.165) is 16.1 Å². The lowest BCUT2D eigenvalue weighted by Crippen LogP contribution is -2.43. The van der Waals surface area contributed by atoms with Crippen molar-refractivity contribution in [3.8, 4) is 0 Å². The van der Waals surface area contributed by atoms with Gasteiger partial charge in [0.05, 0.1) is 24.8 Å². The molecule has 2 heterocycles. The Morgan fingerprint density at radius 1 is 1.28 bits per heavy atom. The van der Waals surface area contributed by atoms with Crippen LogP contribution in [0.3, 0.4) is 0 Å². The van der Waals surface area contributed by atoms with Crippen LogP contribution in [-0.4, -0.2) is 70.5 Å². The lowest BCUT2D eigenvalue weighted by atomic mass is 10.0. The number of benzene rings is 1. The average molecular weight is 425 g/mol. The third kappa shape index (κ3) is 5.02. The van der Waals surface area contributed by atoms with Gasteiger partial charge in [-0.1, -0.05) is 12.1 Å². The molecule has 1 N–H and O–H groups in total. The molecule has 8 nitrogen and oxygen atoms in total. The molecule has 0 saturated carbocycles. The van der Waals surface area contributed by atoms with Crippen molar-refractivity contribution in [1.82, 2.24) is 14.5 Å². The van der Waals surface area contributed by atoms with Crippen LogP contribution in [0.2, 0.25) is 0 Å². The molecular weight excluding hydrogens is 401 g/mol. The summed E-state index contributed by atoms with van der Waals surface area (Å²) in [5.74, 6) is -0.816. The highest BCUT2D eigenvalue weighted by Crippen LogP contribution is 2.23. The lowest BCUT2D eigenvalue weighted by Gasteiger charge is -2.34. The van der Waals surface area contributed by atoms with Crippen LogP contribution in [0.25, 0.3) is 0 Å². The van der Waals surface area contributed by atoms with E-state index in [2.05, 4.69) is 10.2 Å². The van der Waals surface area contributed by atoms with Crippen LogP contribution in [0.5, 0.6) is 0 Å². The van der Waals surface area contributed by atoms with Gasteiger partial charge in [0, 0.05) is 39.8 Å². The van der Waals surface area contributed by atoms with Crippen molar-refractivity contribution in [3.05, 3.63) is 53.5 Å². The van der Waals surface area contributed by atoms with E-state index in [1.807, 2.05) is 6.07 Å². The third-order valence-corrected chi connectivity index (χ3v) is 6.43. The molecule has 10 heteroatoms. The molecule has 1 saturated heterocycles. The zero-order valence-corrected chi connectivity index (χ0v) is 17.1. The molecule has 1 amide bonds. The molecule has 0 bridgehead atoms. The molecule has 1 aromatic heterocycles. The summed E-state index contributed by atoms with van der Waals surface area (Å²) in [4.78, 5) is 14.7. The Morgan fingerprint density at radius 3 is 2.66 bits per heavy atom. The van der Waals surface area contributed by atoms with Crippen LogP contribution in [-0.2, 0) is 14.8 Å². The van der Waals surface area contributed by atoms with E-state index in [9.17, 15) is 17.6 Å². The smallest absolute Gasteiger partial charge is 0.275 e. The van der Waals surface area contributed by atoms with Gasteiger partial charge in [-0.05, 0) is 17.7 Å². The van der Waals surface area contributed by atoms with E-state index in [1.54, 1.807) is 6.07 Å². The number of amides is 1. The first-order chi connectivity index (χ1) is 13.8. The summed E-state index contributed by atoms with van der Waals surface area (Å²) in [5, 5.41) is 2.49. The second-order valence-electron chi connectivity index (χ2n) is 6.87. The Labute approximate surface area is 169 Å². The van der Waals surface area contributed by atoms with E-state index < -0.39 is 15.9 Å². The van der Waals surface area contributed by atoms with Gasteiger partial charge in [-0.15, -0.1) is 0 Å². The summed E-state index contributed by atoms with van der Waals surface area (Å²) >= 11 is 0. The number of nitrogens with zero attached hydrogens (tertiary/aromatic N) is 2. The van der Waals surface area contributed by atoms with Gasteiger partial charge in [0.2, 0.25) is 5.09 Å². The number of halogens is 1. The highest BCUT2D eigenvalue weighted by molar-refractivity contribution is 7.88. The Kier molecular flexibility index (Phi) is 6.68. The number of rotatable bonds is 7. The zero-order valence-electron chi connectivity index (χ0n) is 16.3. The molecule has 1 aliphatic heterocycles. The lowest BCUT2D eigenvalue weighted by molar-refractivity contribution is 0.0162. The first kappa shape index (κ1) is 21.4. The van der Waals surface area contributed by atoms with Gasteiger partial charge in [-0.25, -0.2) is 17.1 Å². The molecule has 0 spiro atoms. The molecule has 0 aliphatic carbocycles. The molecule has 29 heavy (non-hydrogen) atoms. The monoisotopic (exact) mass is 425 g/mol. The normalized spacial score (nSPS) is 16.7. The Balaban J connectivity index is 1.74. The Bertz CT molecular complexity index is 954. The molecule has 1 aliphatic rings. The average Bonchev–Trinajstić information content (AvgIpc) is 3.20. The van der Waals surface area contributed by atoms with E-state index in [0.29, 0.717) is 26.3 Å². The van der Waals surface area contributed by atoms with Crippen LogP contribution in [0, 0.1) is 5.82 Å². The molecule has 1 aromatic carbocycles. The summed E-state index contributed by atoms with van der Waals surface area (Å²) in [5.41, 5.74) is 0.848. The number of ether oxygens (including phenoxy) is 1. The minimum absolute atomic E-state index is 0.102. The quantitative estimate of drug-likeness (QED) is 0.722. The van der Waals surface area contributed by atoms with Crippen molar-refractivity contribution < 1.29 is 26.8 Å².